The Morgan fingerprint density at radius 3 is 3.00 bits per heavy atom. The highest BCUT2D eigenvalue weighted by molar-refractivity contribution is 5.48. The van der Waals surface area contributed by atoms with E-state index in [0.29, 0.717) is 6.29 Å². The monoisotopic (exact) mass is 169 g/mol. The molecule has 64 valence electrons. The molecule has 1 aromatic rings. The summed E-state index contributed by atoms with van der Waals surface area (Å²) in [5, 5.41) is 3.57. The molecule has 1 heterocycles. The molecule has 12 heavy (non-hydrogen) atoms. The lowest BCUT2D eigenvalue weighted by atomic mass is 10.5. The van der Waals surface area contributed by atoms with Crippen LogP contribution < -0.4 is 11.1 Å². The molecule has 0 atom stereocenters. The zero-order valence-corrected chi connectivity index (χ0v) is 6.19. The predicted molar refractivity (Wildman–Crippen MR) is 39.8 cm³/mol. The molecule has 1 N–H and O–H groups in total. The second-order valence-electron chi connectivity index (χ2n) is 2.10. The summed E-state index contributed by atoms with van der Waals surface area (Å²) in [6.07, 6.45) is 1.96. The Kier molecular flexibility index (Phi) is 2.52. The highest BCUT2D eigenvalue weighted by Crippen LogP contribution is 1.75. The van der Waals surface area contributed by atoms with Crippen molar-refractivity contribution < 1.29 is 4.79 Å². The third kappa shape index (κ3) is 1.66. The van der Waals surface area contributed by atoms with Crippen LogP contribution in [-0.4, -0.2) is 21.1 Å². The summed E-state index contributed by atoms with van der Waals surface area (Å²) in [5.74, 6) is 0. The predicted octanol–water partition coefficient (Wildman–Crippen LogP) is -1.48. The van der Waals surface area contributed by atoms with Gasteiger partial charge < -0.3 is 9.78 Å². The minimum Gasteiger partial charge on any atom is -0.307 e. The van der Waals surface area contributed by atoms with Gasteiger partial charge in [0.15, 0.2) is 0 Å². The molecule has 0 bridgehead atoms. The van der Waals surface area contributed by atoms with E-state index in [1.165, 1.54) is 0 Å². The largest absolute Gasteiger partial charge is 0.332 e. The fourth-order valence-electron chi connectivity index (χ4n) is 0.723. The summed E-state index contributed by atoms with van der Waals surface area (Å²) in [5.41, 5.74) is -1.46. The van der Waals surface area contributed by atoms with Crippen molar-refractivity contribution in [2.24, 2.45) is 0 Å². The van der Waals surface area contributed by atoms with Crippen molar-refractivity contribution in [1.82, 2.24) is 14.8 Å². The Morgan fingerprint density at radius 1 is 1.58 bits per heavy atom. The summed E-state index contributed by atoms with van der Waals surface area (Å²) in [4.78, 5) is 33.7. The second kappa shape index (κ2) is 3.61. The molecule has 0 amide bonds. The van der Waals surface area contributed by atoms with Gasteiger partial charge in [-0.3, -0.25) is 9.59 Å². The lowest BCUT2D eigenvalue weighted by Crippen LogP contribution is -2.37. The molecule has 6 heteroatoms. The topological polar surface area (TPSA) is 84.8 Å². The number of rotatable bonds is 3. The lowest BCUT2D eigenvalue weighted by Gasteiger charge is -1.96. The number of nitrogens with zero attached hydrogens (tertiary/aromatic N) is 2. The Bertz CT molecular complexity index is 378. The molecule has 0 saturated heterocycles. The van der Waals surface area contributed by atoms with Crippen LogP contribution in [0.25, 0.3) is 0 Å². The third-order valence-electron chi connectivity index (χ3n) is 1.28. The number of H-pyrrole nitrogens is 1. The molecule has 0 fully saturated rings. The maximum absolute atomic E-state index is 10.9. The zero-order chi connectivity index (χ0) is 8.97. The molecule has 1 aromatic heterocycles. The molecule has 1 rings (SSSR count). The highest BCUT2D eigenvalue weighted by Gasteiger charge is 1.98. The quantitative estimate of drug-likeness (QED) is 0.441. The van der Waals surface area contributed by atoms with E-state index >= 15 is 0 Å². The van der Waals surface area contributed by atoms with Gasteiger partial charge in [-0.25, -0.2) is 4.68 Å². The Morgan fingerprint density at radius 2 is 2.33 bits per heavy atom. The van der Waals surface area contributed by atoms with Crippen LogP contribution in [0.4, 0.5) is 0 Å². The molecule has 0 radical (unpaired) electrons. The van der Waals surface area contributed by atoms with E-state index < -0.39 is 11.1 Å². The van der Waals surface area contributed by atoms with Gasteiger partial charge in [-0.2, -0.15) is 5.10 Å². The first-order chi connectivity index (χ1) is 5.75. The molecule has 0 aliphatic heterocycles. The summed E-state index contributed by atoms with van der Waals surface area (Å²) >= 11 is 0. The Labute approximate surface area is 66.8 Å². The minimum atomic E-state index is -0.737. The van der Waals surface area contributed by atoms with Gasteiger partial charge in [0.1, 0.15) is 12.6 Å². The fourth-order valence-corrected chi connectivity index (χ4v) is 0.723. The number of hydrogen-bond acceptors (Lipinski definition) is 4. The summed E-state index contributed by atoms with van der Waals surface area (Å²) in [7, 11) is 0. The first-order valence-electron chi connectivity index (χ1n) is 3.34. The zero-order valence-electron chi connectivity index (χ0n) is 6.19. The summed E-state index contributed by atoms with van der Waals surface area (Å²) in [6.45, 7) is 0.145. The number of aryl methyl sites for hydroxylation is 1. The molecule has 6 nitrogen and oxygen atoms in total. The van der Waals surface area contributed by atoms with Crippen molar-refractivity contribution in [1.29, 1.82) is 0 Å². The van der Waals surface area contributed by atoms with Crippen molar-refractivity contribution in [3.63, 3.8) is 0 Å². The molecule has 0 aliphatic carbocycles. The van der Waals surface area contributed by atoms with E-state index in [4.69, 9.17) is 0 Å². The number of nitrogens with one attached hydrogen (secondary N) is 1. The van der Waals surface area contributed by atoms with Gasteiger partial charge >= 0.3 is 11.1 Å². The van der Waals surface area contributed by atoms with E-state index in [1.807, 2.05) is 0 Å². The van der Waals surface area contributed by atoms with Crippen molar-refractivity contribution >= 4 is 6.29 Å². The Balaban J connectivity index is 3.00. The van der Waals surface area contributed by atoms with Gasteiger partial charge in [0.05, 0.1) is 6.54 Å². The average molecular weight is 169 g/mol. The summed E-state index contributed by atoms with van der Waals surface area (Å²) in [6, 6.07) is 0. The number of hydrogen-bond donors (Lipinski definition) is 1. The summed E-state index contributed by atoms with van der Waals surface area (Å²) < 4.78 is 0.952. The van der Waals surface area contributed by atoms with E-state index in [1.54, 1.807) is 0 Å². The van der Waals surface area contributed by atoms with Gasteiger partial charge in [0, 0.05) is 6.42 Å². The van der Waals surface area contributed by atoms with Crippen LogP contribution in [0.5, 0.6) is 0 Å². The number of carbonyl (C=O) groups is 1. The first kappa shape index (κ1) is 8.38. The first-order valence-corrected chi connectivity index (χ1v) is 3.34. The third-order valence-corrected chi connectivity index (χ3v) is 1.28. The molecule has 0 spiro atoms. The van der Waals surface area contributed by atoms with Crippen LogP contribution >= 0.6 is 0 Å². The highest BCUT2D eigenvalue weighted by atomic mass is 16.2. The van der Waals surface area contributed by atoms with E-state index in [2.05, 4.69) is 10.1 Å². The molecular formula is C6H7N3O3. The molecule has 0 aromatic carbocycles. The van der Waals surface area contributed by atoms with Crippen LogP contribution in [0.1, 0.15) is 6.42 Å². The van der Waals surface area contributed by atoms with E-state index in [9.17, 15) is 14.4 Å². The average Bonchev–Trinajstić information content (AvgIpc) is 2.08. The smallest absolute Gasteiger partial charge is 0.307 e. The molecule has 0 saturated carbocycles. The van der Waals surface area contributed by atoms with Crippen LogP contribution in [0.2, 0.25) is 0 Å². The SMILES string of the molecule is O=CCCn1nc[nH]c(=O)c1=O. The maximum atomic E-state index is 10.9. The van der Waals surface area contributed by atoms with Gasteiger partial charge in [-0.05, 0) is 0 Å². The van der Waals surface area contributed by atoms with Crippen molar-refractivity contribution in [3.8, 4) is 0 Å². The van der Waals surface area contributed by atoms with Gasteiger partial charge in [-0.15, -0.1) is 0 Å². The standard InChI is InChI=1S/C6H7N3O3/c10-3-1-2-9-6(12)5(11)7-4-8-9/h3-4H,1-2H2,(H,7,8,11). The number of aldehydes is 1. The number of carbonyl (C=O) groups excluding carboxylic acids is 1. The Hall–Kier alpha value is -1.72. The van der Waals surface area contributed by atoms with Crippen LogP contribution in [0, 0.1) is 0 Å². The number of aromatic amines is 1. The number of aromatic nitrogens is 3. The van der Waals surface area contributed by atoms with Crippen LogP contribution in [0.15, 0.2) is 15.9 Å². The van der Waals surface area contributed by atoms with Gasteiger partial charge in [0.25, 0.3) is 0 Å². The lowest BCUT2D eigenvalue weighted by molar-refractivity contribution is -0.108. The van der Waals surface area contributed by atoms with E-state index in [-0.39, 0.29) is 13.0 Å². The fraction of sp³-hybridized carbons (Fsp3) is 0.333. The minimum absolute atomic E-state index is 0.145. The van der Waals surface area contributed by atoms with Crippen molar-refractivity contribution in [2.75, 3.05) is 0 Å². The van der Waals surface area contributed by atoms with E-state index in [0.717, 1.165) is 11.0 Å². The van der Waals surface area contributed by atoms with Gasteiger partial charge in [0.2, 0.25) is 0 Å². The van der Waals surface area contributed by atoms with Crippen molar-refractivity contribution in [2.45, 2.75) is 13.0 Å². The molecular weight excluding hydrogens is 162 g/mol. The maximum Gasteiger partial charge on any atom is 0.332 e. The normalized spacial score (nSPS) is 9.67. The van der Waals surface area contributed by atoms with Gasteiger partial charge in [-0.1, -0.05) is 0 Å². The van der Waals surface area contributed by atoms with Crippen molar-refractivity contribution in [3.05, 3.63) is 27.0 Å². The molecule has 0 aliphatic rings. The van der Waals surface area contributed by atoms with Crippen LogP contribution in [0.3, 0.4) is 0 Å². The second-order valence-corrected chi connectivity index (χ2v) is 2.10. The molecule has 0 unspecified atom stereocenters. The van der Waals surface area contributed by atoms with Crippen LogP contribution in [-0.2, 0) is 11.3 Å².